The smallest absolute Gasteiger partial charge is 0.288 e. The molecule has 0 radical (unpaired) electrons. The maximum Gasteiger partial charge on any atom is 0.288 e. The normalized spacial score (nSPS) is 23.4. The number of piperidine rings is 1. The number of anilines is 1. The highest BCUT2D eigenvalue weighted by Crippen LogP contribution is 2.31. The molecule has 0 aliphatic carbocycles. The van der Waals surface area contributed by atoms with Crippen molar-refractivity contribution in [2.24, 2.45) is 0 Å². The molecular formula is C20H27N5O4S. The van der Waals surface area contributed by atoms with E-state index in [1.165, 1.54) is 7.05 Å². The Morgan fingerprint density at radius 2 is 1.87 bits per heavy atom. The Morgan fingerprint density at radius 3 is 2.50 bits per heavy atom. The van der Waals surface area contributed by atoms with E-state index in [0.29, 0.717) is 26.3 Å². The molecule has 162 valence electrons. The van der Waals surface area contributed by atoms with Crippen molar-refractivity contribution in [1.82, 2.24) is 19.8 Å². The number of aromatic nitrogens is 2. The highest BCUT2D eigenvalue weighted by atomic mass is 32.2. The van der Waals surface area contributed by atoms with E-state index in [9.17, 15) is 14.4 Å². The minimum Gasteiger partial charge on any atom is -0.378 e. The van der Waals surface area contributed by atoms with Gasteiger partial charge in [-0.1, -0.05) is 11.8 Å². The molecule has 10 heteroatoms. The molecule has 3 aliphatic rings. The molecule has 0 spiro atoms. The van der Waals surface area contributed by atoms with Gasteiger partial charge in [-0.05, 0) is 19.8 Å². The van der Waals surface area contributed by atoms with Gasteiger partial charge in [-0.3, -0.25) is 19.3 Å². The van der Waals surface area contributed by atoms with Gasteiger partial charge in [-0.2, -0.15) is 0 Å². The van der Waals surface area contributed by atoms with E-state index >= 15 is 0 Å². The Bertz CT molecular complexity index is 836. The lowest BCUT2D eigenvalue weighted by Crippen LogP contribution is -2.40. The Hall–Kier alpha value is -2.20. The third kappa shape index (κ3) is 4.44. The Labute approximate surface area is 180 Å². The summed E-state index contributed by atoms with van der Waals surface area (Å²) in [6, 6.07) is 2.02. The monoisotopic (exact) mass is 433 g/mol. The van der Waals surface area contributed by atoms with Gasteiger partial charge in [-0.25, -0.2) is 9.97 Å². The first-order chi connectivity index (χ1) is 14.4. The number of thioether (sulfide) groups is 1. The minimum absolute atomic E-state index is 0.0680. The van der Waals surface area contributed by atoms with Crippen LogP contribution in [0.3, 0.4) is 0 Å². The first-order valence-electron chi connectivity index (χ1n) is 10.4. The van der Waals surface area contributed by atoms with Crippen LogP contribution in [-0.2, 0) is 14.3 Å². The van der Waals surface area contributed by atoms with E-state index in [4.69, 9.17) is 9.72 Å². The van der Waals surface area contributed by atoms with Crippen LogP contribution in [0, 0.1) is 6.92 Å². The fourth-order valence-electron chi connectivity index (χ4n) is 4.07. The number of imide groups is 1. The van der Waals surface area contributed by atoms with Gasteiger partial charge in [0.25, 0.3) is 5.24 Å². The van der Waals surface area contributed by atoms with Crippen LogP contribution in [0.15, 0.2) is 6.07 Å². The summed E-state index contributed by atoms with van der Waals surface area (Å²) in [4.78, 5) is 51.0. The number of aryl methyl sites for hydroxylation is 1. The van der Waals surface area contributed by atoms with Gasteiger partial charge in [0.15, 0.2) is 0 Å². The molecule has 30 heavy (non-hydrogen) atoms. The number of likely N-dealkylation sites (tertiary alicyclic amines) is 1. The topological polar surface area (TPSA) is 95.9 Å². The molecule has 4 rings (SSSR count). The summed E-state index contributed by atoms with van der Waals surface area (Å²) in [5.41, 5.74) is 0.950. The first kappa shape index (κ1) is 21.0. The van der Waals surface area contributed by atoms with Crippen molar-refractivity contribution in [1.29, 1.82) is 0 Å². The zero-order valence-electron chi connectivity index (χ0n) is 17.4. The third-order valence-corrected chi connectivity index (χ3v) is 7.02. The number of hydrogen-bond donors (Lipinski definition) is 0. The molecule has 1 atom stereocenters. The molecule has 0 saturated carbocycles. The second-order valence-corrected chi connectivity index (χ2v) is 9.11. The van der Waals surface area contributed by atoms with Crippen LogP contribution < -0.4 is 4.90 Å². The van der Waals surface area contributed by atoms with Crippen molar-refractivity contribution < 1.29 is 19.1 Å². The molecule has 9 nitrogen and oxygen atoms in total. The number of nitrogens with zero attached hydrogens (tertiary/aromatic N) is 5. The summed E-state index contributed by atoms with van der Waals surface area (Å²) < 4.78 is 5.43. The lowest BCUT2D eigenvalue weighted by molar-refractivity contribution is -0.135. The molecule has 0 N–H and O–H groups in total. The van der Waals surface area contributed by atoms with Crippen LogP contribution in [0.2, 0.25) is 0 Å². The standard InChI is InChI=1S/C20H27N5O4S/c1-13-11-16(24-7-9-29-10-8-24)22-18(21-13)14-3-5-25(6-4-14)17(26)12-15-19(27)23(2)20(28)30-15/h11,14-15H,3-10,12H2,1-2H3/t15-/m0/s1. The average Bonchev–Trinajstić information content (AvgIpc) is 3.00. The quantitative estimate of drug-likeness (QED) is 0.703. The molecule has 1 aromatic heterocycles. The largest absolute Gasteiger partial charge is 0.378 e. The van der Waals surface area contributed by atoms with Crippen LogP contribution in [0.4, 0.5) is 10.6 Å². The van der Waals surface area contributed by atoms with E-state index in [-0.39, 0.29) is 29.4 Å². The highest BCUT2D eigenvalue weighted by Gasteiger charge is 2.39. The molecular weight excluding hydrogens is 406 g/mol. The number of ether oxygens (including phenoxy) is 1. The molecule has 3 aliphatic heterocycles. The van der Waals surface area contributed by atoms with Crippen LogP contribution in [0.1, 0.15) is 36.7 Å². The van der Waals surface area contributed by atoms with Crippen molar-refractivity contribution in [2.45, 2.75) is 37.4 Å². The van der Waals surface area contributed by atoms with E-state index in [2.05, 4.69) is 9.88 Å². The predicted molar refractivity (Wildman–Crippen MR) is 113 cm³/mol. The summed E-state index contributed by atoms with van der Waals surface area (Å²) in [6.45, 7) is 6.30. The fraction of sp³-hybridized carbons (Fsp3) is 0.650. The van der Waals surface area contributed by atoms with Gasteiger partial charge in [0.1, 0.15) is 16.9 Å². The van der Waals surface area contributed by atoms with Gasteiger partial charge in [-0.15, -0.1) is 0 Å². The highest BCUT2D eigenvalue weighted by molar-refractivity contribution is 8.15. The van der Waals surface area contributed by atoms with Crippen LogP contribution in [0.5, 0.6) is 0 Å². The maximum atomic E-state index is 12.7. The molecule has 0 bridgehead atoms. The van der Waals surface area contributed by atoms with E-state index in [1.807, 2.05) is 13.0 Å². The van der Waals surface area contributed by atoms with Crippen molar-refractivity contribution in [3.05, 3.63) is 17.6 Å². The predicted octanol–water partition coefficient (Wildman–Crippen LogP) is 1.41. The van der Waals surface area contributed by atoms with Gasteiger partial charge in [0, 0.05) is 57.3 Å². The van der Waals surface area contributed by atoms with Crippen LogP contribution in [-0.4, -0.2) is 88.5 Å². The number of carbonyl (C=O) groups excluding carboxylic acids is 3. The molecule has 4 heterocycles. The number of hydrogen-bond acceptors (Lipinski definition) is 8. The Morgan fingerprint density at radius 1 is 1.17 bits per heavy atom. The van der Waals surface area contributed by atoms with Crippen molar-refractivity contribution in [2.75, 3.05) is 51.3 Å². The number of rotatable bonds is 4. The van der Waals surface area contributed by atoms with E-state index in [0.717, 1.165) is 59.9 Å². The SMILES string of the molecule is Cc1cc(N2CCOCC2)nc(C2CCN(C(=O)C[C@@H]3SC(=O)N(C)C3=O)CC2)n1. The summed E-state index contributed by atoms with van der Waals surface area (Å²) >= 11 is 0.945. The van der Waals surface area contributed by atoms with E-state index in [1.54, 1.807) is 4.90 Å². The zero-order valence-corrected chi connectivity index (χ0v) is 18.2. The van der Waals surface area contributed by atoms with Crippen molar-refractivity contribution in [3.8, 4) is 0 Å². The summed E-state index contributed by atoms with van der Waals surface area (Å²) in [5.74, 6) is 1.66. The van der Waals surface area contributed by atoms with Gasteiger partial charge in [0.05, 0.1) is 13.2 Å². The van der Waals surface area contributed by atoms with Crippen molar-refractivity contribution in [3.63, 3.8) is 0 Å². The lowest BCUT2D eigenvalue weighted by Gasteiger charge is -2.33. The molecule has 3 fully saturated rings. The number of amides is 3. The molecule has 3 amide bonds. The summed E-state index contributed by atoms with van der Waals surface area (Å²) in [5, 5.41) is -0.881. The Kier molecular flexibility index (Phi) is 6.24. The first-order valence-corrected chi connectivity index (χ1v) is 11.2. The molecule has 1 aromatic rings. The average molecular weight is 434 g/mol. The molecule has 3 saturated heterocycles. The van der Waals surface area contributed by atoms with Gasteiger partial charge >= 0.3 is 0 Å². The maximum absolute atomic E-state index is 12.7. The number of morpholine rings is 1. The summed E-state index contributed by atoms with van der Waals surface area (Å²) in [7, 11) is 1.46. The molecule has 0 aromatic carbocycles. The minimum atomic E-state index is -0.594. The molecule has 0 unspecified atom stereocenters. The van der Waals surface area contributed by atoms with E-state index < -0.39 is 5.25 Å². The Balaban J connectivity index is 1.35. The second kappa shape index (κ2) is 8.89. The summed E-state index contributed by atoms with van der Waals surface area (Å²) in [6.07, 6.45) is 1.66. The van der Waals surface area contributed by atoms with Crippen molar-refractivity contribution >= 4 is 34.6 Å². The van der Waals surface area contributed by atoms with Gasteiger partial charge in [0.2, 0.25) is 11.8 Å². The number of carbonyl (C=O) groups is 3. The van der Waals surface area contributed by atoms with Gasteiger partial charge < -0.3 is 14.5 Å². The van der Waals surface area contributed by atoms with Crippen LogP contribution in [0.25, 0.3) is 0 Å². The lowest BCUT2D eigenvalue weighted by atomic mass is 9.95. The zero-order chi connectivity index (χ0) is 21.3. The van der Waals surface area contributed by atoms with Crippen LogP contribution >= 0.6 is 11.8 Å². The third-order valence-electron chi connectivity index (χ3n) is 5.89. The fourth-order valence-corrected chi connectivity index (χ4v) is 5.05. The second-order valence-electron chi connectivity index (χ2n) is 7.95.